The van der Waals surface area contributed by atoms with Crippen LogP contribution >= 0.6 is 12.4 Å². The quantitative estimate of drug-likeness (QED) is 0.233. The summed E-state index contributed by atoms with van der Waals surface area (Å²) in [7, 11) is 0. The molecule has 3 aromatic carbocycles. The molecule has 0 aliphatic carbocycles. The van der Waals surface area contributed by atoms with Gasteiger partial charge in [-0.1, -0.05) is 36.4 Å². The third kappa shape index (κ3) is 5.92. The minimum Gasteiger partial charge on any atom is -0.489 e. The smallest absolute Gasteiger partial charge is 0.255 e. The predicted octanol–water partition coefficient (Wildman–Crippen LogP) is 6.26. The number of benzene rings is 3. The number of aryl methyl sites for hydroxylation is 1. The monoisotopic (exact) mass is 540 g/mol. The molecule has 0 spiro atoms. The van der Waals surface area contributed by atoms with Crippen LogP contribution in [0.25, 0.3) is 27.7 Å². The Hall–Kier alpha value is -3.87. The lowest BCUT2D eigenvalue weighted by molar-refractivity contribution is 0.306. The summed E-state index contributed by atoms with van der Waals surface area (Å²) in [6.07, 6.45) is 6.35. The van der Waals surface area contributed by atoms with Gasteiger partial charge in [-0.3, -0.25) is 14.0 Å². The number of hydrogen-bond donors (Lipinski definition) is 0. The summed E-state index contributed by atoms with van der Waals surface area (Å²) in [6.45, 7) is 6.86. The predicted molar refractivity (Wildman–Crippen MR) is 159 cm³/mol. The molecule has 1 aliphatic heterocycles. The van der Waals surface area contributed by atoms with Gasteiger partial charge in [0, 0.05) is 29.9 Å². The molecule has 0 radical (unpaired) electrons. The lowest BCUT2D eigenvalue weighted by Crippen LogP contribution is -2.24. The standard InChI is InChI=1S/C32H32N4O2.ClH/c1-24-19-29(38-23-25-7-3-2-4-8-25)10-11-30(24)26-13-16-35(32(37)21-26)28-9-12-31-27(20-28)22-33-36(31)18-17-34-14-5-6-15-34;/h2-4,7-13,16,19-22H,5-6,14-15,17-18,23H2,1H3;1H. The molecule has 0 bridgehead atoms. The number of rotatable bonds is 8. The topological polar surface area (TPSA) is 52.3 Å². The van der Waals surface area contributed by atoms with E-state index in [1.807, 2.05) is 73.9 Å². The average molecular weight is 541 g/mol. The van der Waals surface area contributed by atoms with Crippen molar-refractivity contribution in [2.24, 2.45) is 0 Å². The van der Waals surface area contributed by atoms with Gasteiger partial charge in [0.05, 0.1) is 18.3 Å². The molecule has 6 rings (SSSR count). The van der Waals surface area contributed by atoms with E-state index in [9.17, 15) is 4.79 Å². The molecule has 0 atom stereocenters. The lowest BCUT2D eigenvalue weighted by atomic mass is 10.0. The highest BCUT2D eigenvalue weighted by molar-refractivity contribution is 5.85. The summed E-state index contributed by atoms with van der Waals surface area (Å²) < 4.78 is 9.73. The maximum absolute atomic E-state index is 13.2. The first-order valence-electron chi connectivity index (χ1n) is 13.3. The van der Waals surface area contributed by atoms with Crippen LogP contribution in [0.2, 0.25) is 0 Å². The minimum atomic E-state index is -0.0629. The molecular weight excluding hydrogens is 508 g/mol. The number of halogens is 1. The van der Waals surface area contributed by atoms with Crippen LogP contribution in [0, 0.1) is 6.92 Å². The first-order valence-corrected chi connectivity index (χ1v) is 13.3. The van der Waals surface area contributed by atoms with Crippen molar-refractivity contribution in [1.82, 2.24) is 19.2 Å². The summed E-state index contributed by atoms with van der Waals surface area (Å²) in [5.41, 5.74) is 6.00. The van der Waals surface area contributed by atoms with Crippen LogP contribution in [0.5, 0.6) is 5.75 Å². The maximum atomic E-state index is 13.2. The summed E-state index contributed by atoms with van der Waals surface area (Å²) in [6, 6.07) is 26.0. The van der Waals surface area contributed by atoms with Crippen LogP contribution in [-0.4, -0.2) is 38.9 Å². The minimum absolute atomic E-state index is 0. The van der Waals surface area contributed by atoms with E-state index in [2.05, 4.69) is 32.9 Å². The molecule has 1 saturated heterocycles. The van der Waals surface area contributed by atoms with Crippen LogP contribution in [0.15, 0.2) is 96.1 Å². The Morgan fingerprint density at radius 1 is 0.897 bits per heavy atom. The summed E-state index contributed by atoms with van der Waals surface area (Å²) in [5.74, 6) is 0.817. The molecule has 6 nitrogen and oxygen atoms in total. The molecule has 0 amide bonds. The van der Waals surface area contributed by atoms with Crippen LogP contribution in [0.3, 0.4) is 0 Å². The number of aromatic nitrogens is 3. The molecular formula is C32H33ClN4O2. The second-order valence-electron chi connectivity index (χ2n) is 10.0. The molecule has 1 fully saturated rings. The van der Waals surface area contributed by atoms with Gasteiger partial charge in [0.15, 0.2) is 0 Å². The second kappa shape index (κ2) is 11.9. The van der Waals surface area contributed by atoms with Crippen LogP contribution in [0.1, 0.15) is 24.0 Å². The van der Waals surface area contributed by atoms with Gasteiger partial charge < -0.3 is 9.64 Å². The average Bonchev–Trinajstić information content (AvgIpc) is 3.61. The Bertz CT molecular complexity index is 1620. The number of nitrogens with zero attached hydrogens (tertiary/aromatic N) is 4. The van der Waals surface area contributed by atoms with E-state index in [0.717, 1.165) is 57.7 Å². The largest absolute Gasteiger partial charge is 0.489 e. The number of pyridine rings is 1. The highest BCUT2D eigenvalue weighted by atomic mass is 35.5. The Kier molecular flexibility index (Phi) is 8.15. The first kappa shape index (κ1) is 26.7. The third-order valence-electron chi connectivity index (χ3n) is 7.41. The lowest BCUT2D eigenvalue weighted by Gasteiger charge is -2.14. The summed E-state index contributed by atoms with van der Waals surface area (Å²) >= 11 is 0. The van der Waals surface area contributed by atoms with E-state index < -0.39 is 0 Å². The molecule has 2 aromatic heterocycles. The van der Waals surface area contributed by atoms with Crippen molar-refractivity contribution in [3.8, 4) is 22.6 Å². The fourth-order valence-corrected chi connectivity index (χ4v) is 5.30. The molecule has 3 heterocycles. The third-order valence-corrected chi connectivity index (χ3v) is 7.41. The van der Waals surface area contributed by atoms with E-state index >= 15 is 0 Å². The molecule has 5 aromatic rings. The SMILES string of the molecule is Cc1cc(OCc2ccccc2)ccc1-c1ccn(-c2ccc3c(cnn3CCN3CCCC3)c2)c(=O)c1.Cl. The number of fused-ring (bicyclic) bond motifs is 1. The van der Waals surface area contributed by atoms with E-state index in [1.165, 1.54) is 25.9 Å². The second-order valence-corrected chi connectivity index (χ2v) is 10.0. The van der Waals surface area contributed by atoms with E-state index in [-0.39, 0.29) is 18.0 Å². The van der Waals surface area contributed by atoms with Gasteiger partial charge in [0.25, 0.3) is 5.56 Å². The normalized spacial score (nSPS) is 13.5. The van der Waals surface area contributed by atoms with Gasteiger partial charge in [0.2, 0.25) is 0 Å². The molecule has 0 saturated carbocycles. The number of likely N-dealkylation sites (tertiary alicyclic amines) is 1. The Labute approximate surface area is 234 Å². The van der Waals surface area contributed by atoms with Crippen LogP contribution < -0.4 is 10.3 Å². The van der Waals surface area contributed by atoms with Crippen molar-refractivity contribution < 1.29 is 4.74 Å². The Balaban J connectivity index is 0.00000308. The van der Waals surface area contributed by atoms with Gasteiger partial charge >= 0.3 is 0 Å². The van der Waals surface area contributed by atoms with E-state index in [0.29, 0.717) is 6.61 Å². The van der Waals surface area contributed by atoms with Gasteiger partial charge in [-0.15, -0.1) is 12.4 Å². The van der Waals surface area contributed by atoms with Crippen molar-refractivity contribution in [2.45, 2.75) is 32.9 Å². The van der Waals surface area contributed by atoms with Crippen LogP contribution in [0.4, 0.5) is 0 Å². The zero-order chi connectivity index (χ0) is 25.9. The Morgan fingerprint density at radius 2 is 1.72 bits per heavy atom. The van der Waals surface area contributed by atoms with Gasteiger partial charge in [-0.05, 0) is 91.5 Å². The van der Waals surface area contributed by atoms with E-state index in [1.54, 1.807) is 10.6 Å². The first-order chi connectivity index (χ1) is 18.6. The molecule has 0 N–H and O–H groups in total. The molecule has 1 aliphatic rings. The summed E-state index contributed by atoms with van der Waals surface area (Å²) in [5, 5.41) is 5.65. The molecule has 200 valence electrons. The van der Waals surface area contributed by atoms with Crippen molar-refractivity contribution in [3.63, 3.8) is 0 Å². The highest BCUT2D eigenvalue weighted by Crippen LogP contribution is 2.27. The Morgan fingerprint density at radius 3 is 2.49 bits per heavy atom. The fraction of sp³-hybridized carbons (Fsp3) is 0.250. The number of ether oxygens (including phenoxy) is 1. The van der Waals surface area contributed by atoms with Crippen molar-refractivity contribution >= 4 is 23.3 Å². The molecule has 39 heavy (non-hydrogen) atoms. The van der Waals surface area contributed by atoms with Crippen LogP contribution in [-0.2, 0) is 13.2 Å². The fourth-order valence-electron chi connectivity index (χ4n) is 5.30. The van der Waals surface area contributed by atoms with Gasteiger partial charge in [-0.25, -0.2) is 0 Å². The summed E-state index contributed by atoms with van der Waals surface area (Å²) in [4.78, 5) is 15.7. The van der Waals surface area contributed by atoms with Gasteiger partial charge in [-0.2, -0.15) is 5.10 Å². The van der Waals surface area contributed by atoms with Crippen molar-refractivity contribution in [1.29, 1.82) is 0 Å². The zero-order valence-electron chi connectivity index (χ0n) is 22.1. The van der Waals surface area contributed by atoms with Crippen molar-refractivity contribution in [2.75, 3.05) is 19.6 Å². The maximum Gasteiger partial charge on any atom is 0.255 e. The highest BCUT2D eigenvalue weighted by Gasteiger charge is 2.13. The molecule has 0 unspecified atom stereocenters. The zero-order valence-corrected chi connectivity index (χ0v) is 22.9. The molecule has 7 heteroatoms. The van der Waals surface area contributed by atoms with Gasteiger partial charge in [0.1, 0.15) is 12.4 Å². The van der Waals surface area contributed by atoms with Crippen molar-refractivity contribution in [3.05, 3.63) is 113 Å². The number of hydrogen-bond acceptors (Lipinski definition) is 4. The van der Waals surface area contributed by atoms with E-state index in [4.69, 9.17) is 4.74 Å².